The van der Waals surface area contributed by atoms with Crippen LogP contribution in [-0.2, 0) is 4.74 Å². The number of ether oxygens (including phenoxy) is 3. The van der Waals surface area contributed by atoms with Crippen LogP contribution in [-0.4, -0.2) is 55.2 Å². The predicted molar refractivity (Wildman–Crippen MR) is 66.0 cm³/mol. The van der Waals surface area contributed by atoms with E-state index in [4.69, 9.17) is 25.8 Å². The summed E-state index contributed by atoms with van der Waals surface area (Å²) in [5, 5.41) is -0.193. The summed E-state index contributed by atoms with van der Waals surface area (Å²) in [5.41, 5.74) is 0. The van der Waals surface area contributed by atoms with Gasteiger partial charge < -0.3 is 19.1 Å². The van der Waals surface area contributed by atoms with Gasteiger partial charge in [0.25, 0.3) is 5.88 Å². The molecule has 0 N–H and O–H groups in total. The molecule has 116 valence electrons. The number of hydrogen-bond acceptors (Lipinski definition) is 6. The predicted octanol–water partition coefficient (Wildman–Crippen LogP) is 1.67. The van der Waals surface area contributed by atoms with E-state index in [-0.39, 0.29) is 16.9 Å². The molecular formula is C11H11ClF3N3O3. The summed E-state index contributed by atoms with van der Waals surface area (Å²) < 4.78 is 53.3. The van der Waals surface area contributed by atoms with Crippen LogP contribution in [0.25, 0.3) is 0 Å². The van der Waals surface area contributed by atoms with Gasteiger partial charge in [0.05, 0.1) is 13.2 Å². The summed E-state index contributed by atoms with van der Waals surface area (Å²) >= 11 is 5.77. The zero-order chi connectivity index (χ0) is 15.0. The van der Waals surface area contributed by atoms with E-state index in [1.165, 1.54) is 0 Å². The summed E-state index contributed by atoms with van der Waals surface area (Å²) in [4.78, 5) is 9.53. The van der Waals surface area contributed by atoms with Crippen LogP contribution in [0.15, 0.2) is 0 Å². The van der Waals surface area contributed by atoms with Crippen LogP contribution in [0.1, 0.15) is 0 Å². The average molecular weight is 326 g/mol. The molecule has 2 aliphatic heterocycles. The molecule has 0 saturated carbocycles. The lowest BCUT2D eigenvalue weighted by Gasteiger charge is -2.32. The Labute approximate surface area is 122 Å². The largest absolute Gasteiger partial charge is 0.481 e. The molecule has 0 aliphatic carbocycles. The lowest BCUT2D eigenvalue weighted by Crippen LogP contribution is -2.43. The number of fused-ring (bicyclic) bond motifs is 1. The summed E-state index contributed by atoms with van der Waals surface area (Å²) in [7, 11) is 0. The topological polar surface area (TPSA) is 56.7 Å². The molecule has 0 amide bonds. The number of aromatic nitrogens is 2. The second-order valence-corrected chi connectivity index (χ2v) is 4.85. The van der Waals surface area contributed by atoms with Crippen LogP contribution < -0.4 is 14.4 Å². The molecule has 0 bridgehead atoms. The average Bonchev–Trinajstić information content (AvgIpc) is 2.45. The second kappa shape index (κ2) is 5.38. The molecule has 1 saturated heterocycles. The number of halogens is 4. The molecule has 1 unspecified atom stereocenters. The van der Waals surface area contributed by atoms with Gasteiger partial charge in [-0.2, -0.15) is 23.1 Å². The highest BCUT2D eigenvalue weighted by Crippen LogP contribution is 2.41. The minimum Gasteiger partial charge on any atom is -0.481 e. The van der Waals surface area contributed by atoms with Crippen molar-refractivity contribution >= 4 is 17.4 Å². The van der Waals surface area contributed by atoms with Gasteiger partial charge in [0, 0.05) is 13.1 Å². The fraction of sp³-hybridized carbons (Fsp3) is 0.636. The normalized spacial score (nSPS) is 22.3. The third-order valence-corrected chi connectivity index (χ3v) is 3.27. The maximum Gasteiger partial charge on any atom is 0.428 e. The molecule has 3 rings (SSSR count). The number of rotatable bonds is 1. The second-order valence-electron chi connectivity index (χ2n) is 4.51. The number of nitrogens with zero attached hydrogens (tertiary/aromatic N) is 3. The Morgan fingerprint density at radius 2 is 1.90 bits per heavy atom. The minimum atomic E-state index is -4.53. The molecule has 0 aromatic carbocycles. The van der Waals surface area contributed by atoms with Crippen LogP contribution in [0.5, 0.6) is 11.6 Å². The van der Waals surface area contributed by atoms with E-state index in [1.807, 2.05) is 4.90 Å². The van der Waals surface area contributed by atoms with Crippen molar-refractivity contribution in [2.24, 2.45) is 0 Å². The van der Waals surface area contributed by atoms with E-state index < -0.39 is 18.9 Å². The van der Waals surface area contributed by atoms with Crippen molar-refractivity contribution in [2.45, 2.75) is 12.3 Å². The highest BCUT2D eigenvalue weighted by molar-refractivity contribution is 6.28. The molecule has 10 heteroatoms. The Hall–Kier alpha value is -1.48. The highest BCUT2D eigenvalue weighted by atomic mass is 35.5. The molecule has 1 aromatic rings. The van der Waals surface area contributed by atoms with E-state index in [0.717, 1.165) is 0 Å². The van der Waals surface area contributed by atoms with E-state index in [1.54, 1.807) is 0 Å². The van der Waals surface area contributed by atoms with Crippen LogP contribution in [0.4, 0.5) is 19.0 Å². The van der Waals surface area contributed by atoms with Crippen LogP contribution >= 0.6 is 11.6 Å². The first-order valence-electron chi connectivity index (χ1n) is 6.21. The Bertz CT molecular complexity index is 537. The lowest BCUT2D eigenvalue weighted by atomic mass is 10.3. The van der Waals surface area contributed by atoms with Gasteiger partial charge in [0.1, 0.15) is 6.61 Å². The van der Waals surface area contributed by atoms with Crippen molar-refractivity contribution in [2.75, 3.05) is 37.8 Å². The first-order valence-corrected chi connectivity index (χ1v) is 6.59. The van der Waals surface area contributed by atoms with Gasteiger partial charge in [0.2, 0.25) is 17.1 Å². The Morgan fingerprint density at radius 1 is 1.19 bits per heavy atom. The van der Waals surface area contributed by atoms with Crippen LogP contribution in [0.2, 0.25) is 5.28 Å². The Morgan fingerprint density at radius 3 is 2.57 bits per heavy atom. The van der Waals surface area contributed by atoms with Crippen molar-refractivity contribution in [3.63, 3.8) is 0 Å². The summed E-state index contributed by atoms with van der Waals surface area (Å²) in [6, 6.07) is 0. The molecular weight excluding hydrogens is 315 g/mol. The molecule has 21 heavy (non-hydrogen) atoms. The number of hydrogen-bond donors (Lipinski definition) is 0. The number of alkyl halides is 3. The Balaban J connectivity index is 1.92. The smallest absolute Gasteiger partial charge is 0.428 e. The van der Waals surface area contributed by atoms with Crippen molar-refractivity contribution in [3.8, 4) is 11.6 Å². The van der Waals surface area contributed by atoms with Crippen molar-refractivity contribution < 1.29 is 27.4 Å². The van der Waals surface area contributed by atoms with Crippen molar-refractivity contribution in [1.29, 1.82) is 0 Å². The van der Waals surface area contributed by atoms with Gasteiger partial charge >= 0.3 is 6.18 Å². The third kappa shape index (κ3) is 2.93. The standard InChI is InChI=1S/C11H11ClF3N3O3/c12-10-16-8(18-1-3-19-4-2-18)7-9(17-10)21-6(5-20-7)11(13,14)15/h6H,1-5H2. The highest BCUT2D eigenvalue weighted by Gasteiger charge is 2.46. The van der Waals surface area contributed by atoms with Gasteiger partial charge in [-0.05, 0) is 11.6 Å². The lowest BCUT2D eigenvalue weighted by molar-refractivity contribution is -0.208. The molecule has 1 fully saturated rings. The fourth-order valence-electron chi connectivity index (χ4n) is 2.08. The van der Waals surface area contributed by atoms with E-state index >= 15 is 0 Å². The van der Waals surface area contributed by atoms with Gasteiger partial charge in [-0.15, -0.1) is 0 Å². The maximum atomic E-state index is 12.7. The maximum absolute atomic E-state index is 12.7. The van der Waals surface area contributed by atoms with Gasteiger partial charge in [-0.3, -0.25) is 0 Å². The third-order valence-electron chi connectivity index (χ3n) is 3.10. The zero-order valence-electron chi connectivity index (χ0n) is 10.7. The zero-order valence-corrected chi connectivity index (χ0v) is 11.4. The van der Waals surface area contributed by atoms with E-state index in [0.29, 0.717) is 32.1 Å². The van der Waals surface area contributed by atoms with Gasteiger partial charge in [-0.1, -0.05) is 0 Å². The van der Waals surface area contributed by atoms with Crippen molar-refractivity contribution in [1.82, 2.24) is 9.97 Å². The summed E-state index contributed by atoms with van der Waals surface area (Å²) in [6.07, 6.45) is -6.60. The van der Waals surface area contributed by atoms with E-state index in [2.05, 4.69) is 9.97 Å². The molecule has 1 aromatic heterocycles. The molecule has 1 atom stereocenters. The fourth-order valence-corrected chi connectivity index (χ4v) is 2.23. The monoisotopic (exact) mass is 325 g/mol. The first kappa shape index (κ1) is 14.5. The summed E-state index contributed by atoms with van der Waals surface area (Å²) in [5.74, 6) is 0.126. The first-order chi connectivity index (χ1) is 9.95. The molecule has 6 nitrogen and oxygen atoms in total. The van der Waals surface area contributed by atoms with Crippen molar-refractivity contribution in [3.05, 3.63) is 5.28 Å². The number of morpholine rings is 1. The van der Waals surface area contributed by atoms with Crippen LogP contribution in [0.3, 0.4) is 0 Å². The summed E-state index contributed by atoms with van der Waals surface area (Å²) in [6.45, 7) is 1.40. The molecule has 2 aliphatic rings. The number of anilines is 1. The molecule has 0 spiro atoms. The minimum absolute atomic E-state index is 0.0850. The Kier molecular flexibility index (Phi) is 3.70. The molecule has 3 heterocycles. The van der Waals surface area contributed by atoms with Gasteiger partial charge in [0.15, 0.2) is 5.82 Å². The SMILES string of the molecule is FC(F)(F)C1COc2c(nc(Cl)nc2N2CCOCC2)O1. The molecule has 0 radical (unpaired) electrons. The van der Waals surface area contributed by atoms with Gasteiger partial charge in [-0.25, -0.2) is 0 Å². The quantitative estimate of drug-likeness (QED) is 0.732. The van der Waals surface area contributed by atoms with Crippen LogP contribution in [0, 0.1) is 0 Å². The van der Waals surface area contributed by atoms with E-state index in [9.17, 15) is 13.2 Å².